The summed E-state index contributed by atoms with van der Waals surface area (Å²) in [6.07, 6.45) is 0. The lowest BCUT2D eigenvalue weighted by Gasteiger charge is -2.30. The first kappa shape index (κ1) is 16.5. The fraction of sp³-hybridized carbons (Fsp3) is 0.235. The molecule has 0 aliphatic rings. The Morgan fingerprint density at radius 1 is 1.23 bits per heavy atom. The summed E-state index contributed by atoms with van der Waals surface area (Å²) in [5, 5.41) is 12.4. The summed E-state index contributed by atoms with van der Waals surface area (Å²) >= 11 is 3.53. The molecule has 0 radical (unpaired) electrons. The average molecular weight is 363 g/mol. The van der Waals surface area contributed by atoms with Gasteiger partial charge in [0.25, 0.3) is 5.91 Å². The minimum atomic E-state index is -0.183. The predicted octanol–water partition coefficient (Wildman–Crippen LogP) is 2.98. The quantitative estimate of drug-likeness (QED) is 0.859. The normalized spacial score (nSPS) is 11.8. The van der Waals surface area contributed by atoms with Crippen molar-refractivity contribution in [2.24, 2.45) is 0 Å². The van der Waals surface area contributed by atoms with Crippen molar-refractivity contribution >= 4 is 27.5 Å². The number of benzene rings is 2. The van der Waals surface area contributed by atoms with Gasteiger partial charge < -0.3 is 15.3 Å². The number of carbonyl (C=O) groups is 1. The molecule has 0 saturated heterocycles. The van der Waals surface area contributed by atoms with E-state index in [1.54, 1.807) is 19.2 Å². The van der Waals surface area contributed by atoms with Crippen LogP contribution < -0.4 is 10.2 Å². The monoisotopic (exact) mass is 362 g/mol. The molecule has 1 atom stereocenters. The second-order valence-electron chi connectivity index (χ2n) is 4.96. The van der Waals surface area contributed by atoms with Crippen molar-refractivity contribution in [3.05, 3.63) is 64.1 Å². The first-order valence-corrected chi connectivity index (χ1v) is 7.78. The van der Waals surface area contributed by atoms with Crippen LogP contribution in [-0.4, -0.2) is 31.7 Å². The van der Waals surface area contributed by atoms with Crippen molar-refractivity contribution < 1.29 is 9.90 Å². The fourth-order valence-electron chi connectivity index (χ4n) is 2.36. The van der Waals surface area contributed by atoms with Crippen LogP contribution in [0.3, 0.4) is 0 Å². The highest BCUT2D eigenvalue weighted by atomic mass is 79.9. The number of halogens is 1. The van der Waals surface area contributed by atoms with Crippen molar-refractivity contribution in [1.29, 1.82) is 0 Å². The van der Waals surface area contributed by atoms with Crippen molar-refractivity contribution in [1.82, 2.24) is 5.32 Å². The van der Waals surface area contributed by atoms with Crippen LogP contribution in [0.2, 0.25) is 0 Å². The van der Waals surface area contributed by atoms with E-state index in [0.717, 1.165) is 15.7 Å². The average Bonchev–Trinajstić information content (AvgIpc) is 2.55. The molecule has 0 aromatic heterocycles. The Balaban J connectivity index is 2.28. The molecule has 2 N–H and O–H groups in total. The number of amides is 1. The zero-order valence-corrected chi connectivity index (χ0v) is 14.2. The SMILES string of the molecule is CNC(=O)c1ccc(C(CO)N(C)c2ccccc2Br)cc1. The van der Waals surface area contributed by atoms with Crippen LogP contribution in [0, 0.1) is 0 Å². The minimum Gasteiger partial charge on any atom is -0.394 e. The van der Waals surface area contributed by atoms with Crippen LogP contribution in [0.5, 0.6) is 0 Å². The van der Waals surface area contributed by atoms with E-state index >= 15 is 0 Å². The molecule has 0 bridgehead atoms. The Bertz CT molecular complexity index is 643. The third kappa shape index (κ3) is 3.48. The van der Waals surface area contributed by atoms with Crippen LogP contribution in [0.1, 0.15) is 22.0 Å². The van der Waals surface area contributed by atoms with Crippen LogP contribution in [-0.2, 0) is 0 Å². The predicted molar refractivity (Wildman–Crippen MR) is 92.2 cm³/mol. The fourth-order valence-corrected chi connectivity index (χ4v) is 2.92. The van der Waals surface area contributed by atoms with E-state index in [0.29, 0.717) is 5.56 Å². The third-order valence-electron chi connectivity index (χ3n) is 3.66. The van der Waals surface area contributed by atoms with Gasteiger partial charge in [0.15, 0.2) is 0 Å². The molecule has 2 aromatic carbocycles. The lowest BCUT2D eigenvalue weighted by atomic mass is 10.0. The summed E-state index contributed by atoms with van der Waals surface area (Å²) in [4.78, 5) is 13.6. The molecule has 0 aliphatic carbocycles. The number of likely N-dealkylation sites (N-methyl/N-ethyl adjacent to an activating group) is 1. The molecule has 0 aliphatic heterocycles. The van der Waals surface area contributed by atoms with Crippen molar-refractivity contribution in [2.75, 3.05) is 25.6 Å². The number of aliphatic hydroxyl groups excluding tert-OH is 1. The Morgan fingerprint density at radius 3 is 2.41 bits per heavy atom. The van der Waals surface area contributed by atoms with Crippen molar-refractivity contribution in [3.8, 4) is 0 Å². The van der Waals surface area contributed by atoms with E-state index in [-0.39, 0.29) is 18.6 Å². The maximum Gasteiger partial charge on any atom is 0.251 e. The summed E-state index contributed by atoms with van der Waals surface area (Å²) in [5.74, 6) is -0.119. The number of anilines is 1. The summed E-state index contributed by atoms with van der Waals surface area (Å²) < 4.78 is 0.970. The number of hydrogen-bond donors (Lipinski definition) is 2. The van der Waals surface area contributed by atoms with Gasteiger partial charge in [0.2, 0.25) is 0 Å². The van der Waals surface area contributed by atoms with Gasteiger partial charge in [-0.15, -0.1) is 0 Å². The number of hydrogen-bond acceptors (Lipinski definition) is 3. The number of para-hydroxylation sites is 1. The maximum absolute atomic E-state index is 11.6. The molecule has 2 aromatic rings. The Labute approximate surface area is 138 Å². The molecule has 1 unspecified atom stereocenters. The highest BCUT2D eigenvalue weighted by molar-refractivity contribution is 9.10. The summed E-state index contributed by atoms with van der Waals surface area (Å²) in [6.45, 7) is -0.0167. The number of aliphatic hydroxyl groups is 1. The topological polar surface area (TPSA) is 52.6 Å². The van der Waals surface area contributed by atoms with E-state index in [1.807, 2.05) is 48.3 Å². The molecular weight excluding hydrogens is 344 g/mol. The Morgan fingerprint density at radius 2 is 1.86 bits per heavy atom. The van der Waals surface area contributed by atoms with Gasteiger partial charge in [0.05, 0.1) is 18.3 Å². The summed E-state index contributed by atoms with van der Waals surface area (Å²) in [7, 11) is 3.54. The van der Waals surface area contributed by atoms with Crippen LogP contribution >= 0.6 is 15.9 Å². The van der Waals surface area contributed by atoms with Crippen LogP contribution in [0.15, 0.2) is 53.0 Å². The van der Waals surface area contributed by atoms with Gasteiger partial charge in [-0.2, -0.15) is 0 Å². The molecule has 0 fully saturated rings. The maximum atomic E-state index is 11.6. The number of rotatable bonds is 5. The lowest BCUT2D eigenvalue weighted by Crippen LogP contribution is -2.27. The zero-order valence-electron chi connectivity index (χ0n) is 12.6. The van der Waals surface area contributed by atoms with E-state index in [2.05, 4.69) is 21.2 Å². The second-order valence-corrected chi connectivity index (χ2v) is 5.82. The largest absolute Gasteiger partial charge is 0.394 e. The first-order chi connectivity index (χ1) is 10.6. The van der Waals surface area contributed by atoms with Crippen molar-refractivity contribution in [2.45, 2.75) is 6.04 Å². The molecule has 0 spiro atoms. The van der Waals surface area contributed by atoms with Gasteiger partial charge in [-0.25, -0.2) is 0 Å². The van der Waals surface area contributed by atoms with Crippen molar-refractivity contribution in [3.63, 3.8) is 0 Å². The summed E-state index contributed by atoms with van der Waals surface area (Å²) in [5.41, 5.74) is 2.55. The third-order valence-corrected chi connectivity index (χ3v) is 4.33. The molecule has 4 nitrogen and oxygen atoms in total. The van der Waals surface area contributed by atoms with Gasteiger partial charge >= 0.3 is 0 Å². The number of nitrogens with zero attached hydrogens (tertiary/aromatic N) is 1. The standard InChI is InChI=1S/C17H19BrN2O2/c1-19-17(22)13-9-7-12(8-10-13)16(11-21)20(2)15-6-4-3-5-14(15)18/h3-10,16,21H,11H2,1-2H3,(H,19,22). The minimum absolute atomic E-state index is 0.0167. The number of carbonyl (C=O) groups excluding carboxylic acids is 1. The van der Waals surface area contributed by atoms with Gasteiger partial charge in [0, 0.05) is 24.1 Å². The molecule has 0 heterocycles. The smallest absolute Gasteiger partial charge is 0.251 e. The highest BCUT2D eigenvalue weighted by Gasteiger charge is 2.18. The van der Waals surface area contributed by atoms with Gasteiger partial charge in [-0.3, -0.25) is 4.79 Å². The molecule has 5 heteroatoms. The zero-order chi connectivity index (χ0) is 16.1. The number of nitrogens with one attached hydrogen (secondary N) is 1. The van der Waals surface area contributed by atoms with E-state index in [4.69, 9.17) is 0 Å². The first-order valence-electron chi connectivity index (χ1n) is 6.98. The molecule has 2 rings (SSSR count). The summed E-state index contributed by atoms with van der Waals surface area (Å²) in [6, 6.07) is 15.0. The molecule has 0 saturated carbocycles. The van der Waals surface area contributed by atoms with Gasteiger partial charge in [-0.1, -0.05) is 24.3 Å². The van der Waals surface area contributed by atoms with Gasteiger partial charge in [0.1, 0.15) is 0 Å². The molecule has 116 valence electrons. The lowest BCUT2D eigenvalue weighted by molar-refractivity contribution is 0.0963. The van der Waals surface area contributed by atoms with E-state index < -0.39 is 0 Å². The Kier molecular flexibility index (Phi) is 5.57. The highest BCUT2D eigenvalue weighted by Crippen LogP contribution is 2.31. The second kappa shape index (κ2) is 7.42. The molecule has 22 heavy (non-hydrogen) atoms. The molecular formula is C17H19BrN2O2. The van der Waals surface area contributed by atoms with Crippen LogP contribution in [0.4, 0.5) is 5.69 Å². The van der Waals surface area contributed by atoms with E-state index in [9.17, 15) is 9.90 Å². The molecule has 1 amide bonds. The van der Waals surface area contributed by atoms with E-state index in [1.165, 1.54) is 0 Å². The van der Waals surface area contributed by atoms with Crippen LogP contribution in [0.25, 0.3) is 0 Å². The van der Waals surface area contributed by atoms with Gasteiger partial charge in [-0.05, 0) is 45.8 Å². The Hall–Kier alpha value is -1.85.